The van der Waals surface area contributed by atoms with E-state index in [0.29, 0.717) is 24.4 Å². The minimum atomic E-state index is -0.242. The van der Waals surface area contributed by atoms with Gasteiger partial charge in [0.1, 0.15) is 19.2 Å². The van der Waals surface area contributed by atoms with E-state index in [-0.39, 0.29) is 18.1 Å². The van der Waals surface area contributed by atoms with E-state index >= 15 is 0 Å². The van der Waals surface area contributed by atoms with Crippen LogP contribution >= 0.6 is 0 Å². The van der Waals surface area contributed by atoms with Crippen molar-refractivity contribution in [1.29, 1.82) is 0 Å². The van der Waals surface area contributed by atoms with Gasteiger partial charge in [-0.1, -0.05) is 109 Å². The fourth-order valence-corrected chi connectivity index (χ4v) is 4.08. The minimum Gasteiger partial charge on any atom is -0.447 e. The predicted octanol–water partition coefficient (Wildman–Crippen LogP) is 6.88. The predicted molar refractivity (Wildman–Crippen MR) is 174 cm³/mol. The molecule has 4 rings (SSSR count). The Morgan fingerprint density at radius 3 is 1.98 bits per heavy atom. The molecular formula is C35H57N3O4. The van der Waals surface area contributed by atoms with Crippen LogP contribution in [-0.2, 0) is 20.9 Å². The normalized spacial score (nSPS) is 19.5. The third kappa shape index (κ3) is 15.3. The summed E-state index contributed by atoms with van der Waals surface area (Å²) in [6, 6.07) is 20.3. The molecule has 7 nitrogen and oxygen atoms in total. The molecule has 236 valence electrons. The van der Waals surface area contributed by atoms with Gasteiger partial charge in [-0.25, -0.2) is 4.79 Å². The number of amides is 1. The molecule has 2 aromatic carbocycles. The number of carbonyl (C=O) groups is 3. The first kappa shape index (κ1) is 39.0. The van der Waals surface area contributed by atoms with E-state index in [0.717, 1.165) is 50.7 Å². The second kappa shape index (κ2) is 23.5. The molecule has 7 heteroatoms. The number of ether oxygens (including phenoxy) is 1. The summed E-state index contributed by atoms with van der Waals surface area (Å²) < 4.78 is 4.92. The summed E-state index contributed by atoms with van der Waals surface area (Å²) >= 11 is 0. The van der Waals surface area contributed by atoms with Crippen LogP contribution in [-0.4, -0.2) is 68.8 Å². The maximum absolute atomic E-state index is 11.1. The molecule has 0 aromatic heterocycles. The van der Waals surface area contributed by atoms with E-state index < -0.39 is 0 Å². The monoisotopic (exact) mass is 583 g/mol. The number of aldehydes is 2. The highest BCUT2D eigenvalue weighted by Crippen LogP contribution is 2.35. The number of nitrogens with zero attached hydrogens (tertiary/aromatic N) is 2. The van der Waals surface area contributed by atoms with Crippen LogP contribution in [0.1, 0.15) is 72.1 Å². The molecule has 0 bridgehead atoms. The molecule has 1 saturated heterocycles. The van der Waals surface area contributed by atoms with Crippen molar-refractivity contribution in [2.75, 3.05) is 40.3 Å². The second-order valence-electron chi connectivity index (χ2n) is 10.4. The molecule has 0 radical (unpaired) electrons. The Kier molecular flexibility index (Phi) is 21.8. The maximum Gasteiger partial charge on any atom is 0.410 e. The molecule has 2 fully saturated rings. The molecule has 2 aromatic rings. The lowest BCUT2D eigenvalue weighted by Gasteiger charge is -2.25. The van der Waals surface area contributed by atoms with Crippen LogP contribution in [0.3, 0.4) is 0 Å². The van der Waals surface area contributed by atoms with Crippen molar-refractivity contribution in [3.63, 3.8) is 0 Å². The Bertz CT molecular complexity index is 957. The molecular weight excluding hydrogens is 526 g/mol. The zero-order chi connectivity index (χ0) is 31.9. The standard InChI is InChI=1S/C16H26N2O.C10H11NO2.C5H8O.2C2H6/c1-4-18(3)12-16(14(2)13-19)11-17-10-15-8-6-5-7-9-15;1-11-9(7-13-10(11)12)8-5-3-2-4-6-8;1-4-2-5(4)3-6;2*1-2/h5-9,13-14,16-17H,4,10-12H2,1-3H3;2-6,9H,7H2,1H3;3-5H,2H2,1H3;2*1-2H3/t14-,16?;;4?,5-;;/m0.1../s1. The number of nitrogens with one attached hydrogen (secondary N) is 1. The summed E-state index contributed by atoms with van der Waals surface area (Å²) in [4.78, 5) is 35.7. The van der Waals surface area contributed by atoms with Gasteiger partial charge in [-0.3, -0.25) is 0 Å². The van der Waals surface area contributed by atoms with Crippen molar-refractivity contribution < 1.29 is 19.1 Å². The molecule has 2 aliphatic rings. The lowest BCUT2D eigenvalue weighted by Crippen LogP contribution is -2.36. The molecule has 0 spiro atoms. The average molecular weight is 584 g/mol. The smallest absolute Gasteiger partial charge is 0.410 e. The third-order valence-corrected chi connectivity index (χ3v) is 7.27. The Labute approximate surface area is 256 Å². The average Bonchev–Trinajstić information content (AvgIpc) is 3.68. The topological polar surface area (TPSA) is 79.0 Å². The summed E-state index contributed by atoms with van der Waals surface area (Å²) in [6.07, 6.45) is 3.00. The summed E-state index contributed by atoms with van der Waals surface area (Å²) in [5, 5.41) is 3.46. The van der Waals surface area contributed by atoms with Crippen molar-refractivity contribution in [2.24, 2.45) is 23.7 Å². The summed E-state index contributed by atoms with van der Waals surface area (Å²) in [5.41, 5.74) is 2.40. The van der Waals surface area contributed by atoms with Gasteiger partial charge in [0.2, 0.25) is 0 Å². The van der Waals surface area contributed by atoms with Crippen molar-refractivity contribution in [2.45, 2.75) is 67.5 Å². The van der Waals surface area contributed by atoms with Crippen LogP contribution in [0.15, 0.2) is 60.7 Å². The molecule has 1 N–H and O–H groups in total. The van der Waals surface area contributed by atoms with Crippen LogP contribution < -0.4 is 5.32 Å². The van der Waals surface area contributed by atoms with Crippen LogP contribution in [0.2, 0.25) is 0 Å². The zero-order valence-corrected chi connectivity index (χ0v) is 27.6. The molecule has 42 heavy (non-hydrogen) atoms. The van der Waals surface area contributed by atoms with Crippen LogP contribution in [0.25, 0.3) is 0 Å². The minimum absolute atomic E-state index is 0.0775. The van der Waals surface area contributed by atoms with E-state index in [2.05, 4.69) is 43.2 Å². The van der Waals surface area contributed by atoms with Crippen molar-refractivity contribution in [3.8, 4) is 0 Å². The van der Waals surface area contributed by atoms with Gasteiger partial charge >= 0.3 is 6.09 Å². The lowest BCUT2D eigenvalue weighted by molar-refractivity contribution is -0.112. The quantitative estimate of drug-likeness (QED) is 0.291. The SMILES string of the molecule is CC.CC.CC1C[C@@H]1C=O.CCN(C)CC(CNCc1ccccc1)[C@@H](C)C=O.CN1C(=O)OCC1c1ccccc1. The van der Waals surface area contributed by atoms with Crippen molar-refractivity contribution in [3.05, 3.63) is 71.8 Å². The van der Waals surface area contributed by atoms with Gasteiger partial charge in [0.15, 0.2) is 0 Å². The number of hydrogen-bond donors (Lipinski definition) is 1. The molecule has 1 aliphatic heterocycles. The first-order valence-electron chi connectivity index (χ1n) is 15.6. The molecule has 3 unspecified atom stereocenters. The van der Waals surface area contributed by atoms with Crippen LogP contribution in [0.5, 0.6) is 0 Å². The van der Waals surface area contributed by atoms with E-state index in [4.69, 9.17) is 4.74 Å². The Morgan fingerprint density at radius 2 is 1.57 bits per heavy atom. The third-order valence-electron chi connectivity index (χ3n) is 7.27. The maximum atomic E-state index is 11.1. The highest BCUT2D eigenvalue weighted by molar-refractivity contribution is 5.70. The Hall–Kier alpha value is -3.03. The van der Waals surface area contributed by atoms with Crippen molar-refractivity contribution >= 4 is 18.7 Å². The first-order chi connectivity index (χ1) is 20.3. The summed E-state index contributed by atoms with van der Waals surface area (Å²) in [7, 11) is 3.86. The van der Waals surface area contributed by atoms with Gasteiger partial charge in [0, 0.05) is 38.5 Å². The van der Waals surface area contributed by atoms with Crippen LogP contribution in [0, 0.1) is 23.7 Å². The molecule has 5 atom stereocenters. The summed E-state index contributed by atoms with van der Waals surface area (Å²) in [5.74, 6) is 1.58. The number of hydrogen-bond acceptors (Lipinski definition) is 6. The van der Waals surface area contributed by atoms with E-state index in [9.17, 15) is 14.4 Å². The number of carbonyl (C=O) groups excluding carboxylic acids is 3. The lowest BCUT2D eigenvalue weighted by atomic mass is 9.94. The van der Waals surface area contributed by atoms with E-state index in [1.807, 2.05) is 83.1 Å². The highest BCUT2D eigenvalue weighted by Gasteiger charge is 2.31. The number of benzene rings is 2. The molecule has 1 heterocycles. The van der Waals surface area contributed by atoms with E-state index in [1.165, 1.54) is 5.56 Å². The largest absolute Gasteiger partial charge is 0.447 e. The van der Waals surface area contributed by atoms with E-state index in [1.54, 1.807) is 11.9 Å². The molecule has 1 aliphatic carbocycles. The van der Waals surface area contributed by atoms with Gasteiger partial charge in [-0.2, -0.15) is 0 Å². The fraction of sp³-hybridized carbons (Fsp3) is 0.571. The first-order valence-corrected chi connectivity index (χ1v) is 15.6. The Balaban J connectivity index is 0.000000625. The molecule has 1 amide bonds. The van der Waals surface area contributed by atoms with Crippen molar-refractivity contribution in [1.82, 2.24) is 15.1 Å². The van der Waals surface area contributed by atoms with Gasteiger partial charge in [0.05, 0.1) is 6.04 Å². The zero-order valence-electron chi connectivity index (χ0n) is 27.6. The fourth-order valence-electron chi connectivity index (χ4n) is 4.08. The molecule has 1 saturated carbocycles. The number of rotatable bonds is 11. The number of likely N-dealkylation sites (N-methyl/N-ethyl adjacent to an activating group) is 1. The number of cyclic esters (lactones) is 1. The second-order valence-corrected chi connectivity index (χ2v) is 10.4. The highest BCUT2D eigenvalue weighted by atomic mass is 16.6. The van der Waals surface area contributed by atoms with Gasteiger partial charge < -0.3 is 29.4 Å². The Morgan fingerprint density at radius 1 is 1.02 bits per heavy atom. The van der Waals surface area contributed by atoms with Crippen LogP contribution in [0.4, 0.5) is 4.79 Å². The van der Waals surface area contributed by atoms with Gasteiger partial charge in [-0.15, -0.1) is 0 Å². The summed E-state index contributed by atoms with van der Waals surface area (Å²) in [6.45, 7) is 18.4. The van der Waals surface area contributed by atoms with Gasteiger partial charge in [0.25, 0.3) is 0 Å². The van der Waals surface area contributed by atoms with Gasteiger partial charge in [-0.05, 0) is 43.0 Å².